The Morgan fingerprint density at radius 2 is 1.87 bits per heavy atom. The molecule has 198 valence electrons. The summed E-state index contributed by atoms with van der Waals surface area (Å²) < 4.78 is 44.8. The molecule has 2 aliphatic heterocycles. The summed E-state index contributed by atoms with van der Waals surface area (Å²) in [6.07, 6.45) is 3.61. The molecule has 0 aliphatic carbocycles. The Morgan fingerprint density at radius 3 is 2.55 bits per heavy atom. The number of pyridine rings is 2. The number of benzene rings is 1. The summed E-state index contributed by atoms with van der Waals surface area (Å²) in [5, 5.41) is 8.39. The first-order valence-electron chi connectivity index (χ1n) is 11.8. The average molecular weight is 577 g/mol. The topological polar surface area (TPSA) is 104 Å². The van der Waals surface area contributed by atoms with E-state index in [2.05, 4.69) is 25.1 Å². The van der Waals surface area contributed by atoms with Crippen molar-refractivity contribution < 1.29 is 17.5 Å². The highest BCUT2D eigenvalue weighted by molar-refractivity contribution is 7.88. The van der Waals surface area contributed by atoms with Gasteiger partial charge in [-0.05, 0) is 37.3 Å². The lowest BCUT2D eigenvalue weighted by molar-refractivity contribution is 0.0395. The molecule has 1 spiro atoms. The quantitative estimate of drug-likeness (QED) is 0.332. The summed E-state index contributed by atoms with van der Waals surface area (Å²) in [4.78, 5) is 10.3. The minimum Gasteiger partial charge on any atom is -0.486 e. The smallest absolute Gasteiger partial charge is 0.232 e. The molecule has 0 bridgehead atoms. The van der Waals surface area contributed by atoms with E-state index in [1.165, 1.54) is 16.8 Å². The fraction of sp³-hybridized carbons (Fsp3) is 0.320. The zero-order valence-corrected chi connectivity index (χ0v) is 22.8. The Balaban J connectivity index is 1.18. The van der Waals surface area contributed by atoms with Gasteiger partial charge in [0.15, 0.2) is 0 Å². The van der Waals surface area contributed by atoms with Crippen LogP contribution < -0.4 is 9.64 Å². The van der Waals surface area contributed by atoms with Gasteiger partial charge in [-0.2, -0.15) is 9.49 Å². The van der Waals surface area contributed by atoms with Gasteiger partial charge >= 0.3 is 0 Å². The normalized spacial score (nSPS) is 17.9. The van der Waals surface area contributed by atoms with E-state index in [1.807, 2.05) is 24.3 Å². The number of aromatic amines is 1. The van der Waals surface area contributed by atoms with Crippen molar-refractivity contribution in [3.63, 3.8) is 0 Å². The first kappa shape index (κ1) is 25.3. The van der Waals surface area contributed by atoms with Gasteiger partial charge in [-0.15, -0.1) is 0 Å². The Morgan fingerprint density at radius 1 is 1.11 bits per heavy atom. The number of sulfonamides is 1. The van der Waals surface area contributed by atoms with E-state index in [1.54, 1.807) is 19.2 Å². The van der Waals surface area contributed by atoms with Gasteiger partial charge in [-0.1, -0.05) is 23.2 Å². The van der Waals surface area contributed by atoms with E-state index >= 15 is 0 Å². The van der Waals surface area contributed by atoms with Gasteiger partial charge in [0.25, 0.3) is 0 Å². The first-order chi connectivity index (χ1) is 18.0. The monoisotopic (exact) mass is 576 g/mol. The minimum atomic E-state index is -3.12. The average Bonchev–Trinajstić information content (AvgIpc) is 3.23. The van der Waals surface area contributed by atoms with Crippen LogP contribution in [0, 0.1) is 11.4 Å². The van der Waals surface area contributed by atoms with Crippen LogP contribution in [0.5, 0.6) is 5.75 Å². The molecule has 6 rings (SSSR count). The van der Waals surface area contributed by atoms with Crippen molar-refractivity contribution in [1.82, 2.24) is 24.5 Å². The van der Waals surface area contributed by atoms with E-state index in [4.69, 9.17) is 27.9 Å². The van der Waals surface area contributed by atoms with Crippen molar-refractivity contribution in [2.24, 2.45) is 5.41 Å². The molecule has 0 radical (unpaired) electrons. The zero-order chi connectivity index (χ0) is 26.8. The Hall–Kier alpha value is -2.99. The van der Waals surface area contributed by atoms with Gasteiger partial charge < -0.3 is 9.64 Å². The summed E-state index contributed by atoms with van der Waals surface area (Å²) in [6.45, 7) is 4.43. The number of hydrogen-bond acceptors (Lipinski definition) is 7. The summed E-state index contributed by atoms with van der Waals surface area (Å²) in [7, 11) is -3.12. The second-order valence-electron chi connectivity index (χ2n) is 9.96. The molecule has 2 fully saturated rings. The maximum absolute atomic E-state index is 13.9. The van der Waals surface area contributed by atoms with Crippen LogP contribution in [0.4, 0.5) is 10.2 Å². The molecule has 9 nitrogen and oxygen atoms in total. The van der Waals surface area contributed by atoms with Crippen molar-refractivity contribution in [1.29, 1.82) is 0 Å². The van der Waals surface area contributed by atoms with Crippen LogP contribution in [0.3, 0.4) is 0 Å². The van der Waals surface area contributed by atoms with Gasteiger partial charge in [0.2, 0.25) is 16.0 Å². The lowest BCUT2D eigenvalue weighted by atomic mass is 9.74. The molecule has 13 heteroatoms. The number of nitrogens with zero attached hydrogens (tertiary/aromatic N) is 5. The summed E-state index contributed by atoms with van der Waals surface area (Å²) in [5.74, 6) is 0.575. The van der Waals surface area contributed by atoms with Gasteiger partial charge in [0, 0.05) is 60.5 Å². The van der Waals surface area contributed by atoms with Crippen LogP contribution in [0.25, 0.3) is 22.2 Å². The molecule has 5 heterocycles. The minimum absolute atomic E-state index is 0.0336. The fourth-order valence-corrected chi connectivity index (χ4v) is 6.82. The van der Waals surface area contributed by atoms with E-state index in [0.29, 0.717) is 30.1 Å². The molecule has 1 N–H and O–H groups in total. The number of halogens is 3. The van der Waals surface area contributed by atoms with E-state index in [0.717, 1.165) is 35.4 Å². The van der Waals surface area contributed by atoms with Crippen LogP contribution in [-0.4, -0.2) is 65.3 Å². The van der Waals surface area contributed by atoms with Crippen LogP contribution in [-0.2, 0) is 10.0 Å². The summed E-state index contributed by atoms with van der Waals surface area (Å²) in [6, 6.07) is 9.39. The first-order valence-corrected chi connectivity index (χ1v) is 14.4. The number of hydrogen-bond donors (Lipinski definition) is 1. The van der Waals surface area contributed by atoms with Crippen molar-refractivity contribution in [3.8, 4) is 17.0 Å². The van der Waals surface area contributed by atoms with Gasteiger partial charge in [0.1, 0.15) is 28.4 Å². The number of fused-ring (bicyclic) bond motifs is 1. The van der Waals surface area contributed by atoms with Crippen LogP contribution >= 0.6 is 23.2 Å². The number of anilines is 1. The fourth-order valence-electron chi connectivity index (χ4n) is 5.15. The second kappa shape index (κ2) is 9.04. The third kappa shape index (κ3) is 4.37. The number of H-pyrrole nitrogens is 1. The molecule has 1 atom stereocenters. The second-order valence-corrected chi connectivity index (χ2v) is 12.7. The van der Waals surface area contributed by atoms with Gasteiger partial charge in [-0.3, -0.25) is 5.10 Å². The Kier molecular flexibility index (Phi) is 6.02. The molecular formula is C25H23Cl2FN6O3S. The third-order valence-corrected chi connectivity index (χ3v) is 8.97. The largest absolute Gasteiger partial charge is 0.486 e. The highest BCUT2D eigenvalue weighted by atomic mass is 35.5. The summed E-state index contributed by atoms with van der Waals surface area (Å²) in [5.41, 5.74) is 2.72. The number of nitrogens with one attached hydrogen (secondary N) is 1. The van der Waals surface area contributed by atoms with Crippen molar-refractivity contribution in [2.75, 3.05) is 37.3 Å². The van der Waals surface area contributed by atoms with Gasteiger partial charge in [0.05, 0.1) is 16.8 Å². The number of ether oxygens (including phenoxy) is 1. The lowest BCUT2D eigenvalue weighted by Gasteiger charge is -2.59. The van der Waals surface area contributed by atoms with Crippen molar-refractivity contribution in [3.05, 3.63) is 64.3 Å². The molecule has 0 saturated carbocycles. The van der Waals surface area contributed by atoms with E-state index in [-0.39, 0.29) is 15.5 Å². The highest BCUT2D eigenvalue weighted by Gasteiger charge is 2.54. The van der Waals surface area contributed by atoms with Crippen LogP contribution in [0.1, 0.15) is 18.6 Å². The maximum atomic E-state index is 13.9. The SMILES string of the molecule is C[C@@H](Oc1ccc2[nH]nc(-c3ccc(N4CC5(C4)CN(S(C)(=O)=O)C5)nc3)c2c1)c1c(Cl)cnc(F)c1Cl. The predicted molar refractivity (Wildman–Crippen MR) is 144 cm³/mol. The molecule has 0 amide bonds. The number of aromatic nitrogens is 4. The van der Waals surface area contributed by atoms with Gasteiger partial charge in [-0.25, -0.2) is 22.7 Å². The molecule has 2 saturated heterocycles. The number of rotatable bonds is 6. The highest BCUT2D eigenvalue weighted by Crippen LogP contribution is 2.42. The summed E-state index contributed by atoms with van der Waals surface area (Å²) >= 11 is 12.3. The third-order valence-electron chi connectivity index (χ3n) is 7.11. The maximum Gasteiger partial charge on any atom is 0.232 e. The molecule has 3 aromatic heterocycles. The van der Waals surface area contributed by atoms with Crippen molar-refractivity contribution >= 4 is 49.9 Å². The molecule has 4 aromatic rings. The van der Waals surface area contributed by atoms with Crippen LogP contribution in [0.15, 0.2) is 42.7 Å². The van der Waals surface area contributed by atoms with Crippen LogP contribution in [0.2, 0.25) is 10.0 Å². The van der Waals surface area contributed by atoms with Crippen molar-refractivity contribution in [2.45, 2.75) is 13.0 Å². The molecule has 2 aliphatic rings. The Labute approximate surface area is 228 Å². The standard InChI is InChI=1S/C25H23Cl2FN6O3S/c1-14(21-18(26)9-30-24(28)22(21)27)37-16-4-5-19-17(7-16)23(32-31-19)15-3-6-20(29-8-15)33-10-25(11-33)12-34(13-25)38(2,35)36/h3-9,14H,10-13H2,1-2H3,(H,31,32)/t14-/m1/s1. The molecule has 1 aromatic carbocycles. The molecule has 38 heavy (non-hydrogen) atoms. The predicted octanol–water partition coefficient (Wildman–Crippen LogP) is 4.69. The van der Waals surface area contributed by atoms with E-state index < -0.39 is 22.1 Å². The Bertz CT molecular complexity index is 1650. The van der Waals surface area contributed by atoms with E-state index in [9.17, 15) is 12.8 Å². The zero-order valence-electron chi connectivity index (χ0n) is 20.5. The lowest BCUT2D eigenvalue weighted by Crippen LogP contribution is -2.73. The molecular weight excluding hydrogens is 554 g/mol. The molecule has 0 unspecified atom stereocenters.